The number of hydrogen-bond donors (Lipinski definition) is 2. The van der Waals surface area contributed by atoms with Gasteiger partial charge >= 0.3 is 22.1 Å². The van der Waals surface area contributed by atoms with E-state index in [0.717, 1.165) is 7.11 Å². The van der Waals surface area contributed by atoms with Gasteiger partial charge in [0.2, 0.25) is 0 Å². The summed E-state index contributed by atoms with van der Waals surface area (Å²) in [7, 11) is -1.68. The van der Waals surface area contributed by atoms with Crippen molar-refractivity contribution in [2.24, 2.45) is 0 Å². The molecule has 3 aromatic carbocycles. The number of rotatable bonds is 7. The van der Waals surface area contributed by atoms with E-state index >= 15 is 0 Å². The van der Waals surface area contributed by atoms with E-state index in [1.807, 2.05) is 6.07 Å². The van der Waals surface area contributed by atoms with Gasteiger partial charge in [0.1, 0.15) is 16.2 Å². The molecule has 3 rings (SSSR count). The Hall–Kier alpha value is -4.05. The van der Waals surface area contributed by atoms with Crippen LogP contribution in [-0.2, 0) is 14.9 Å². The van der Waals surface area contributed by atoms with Crippen molar-refractivity contribution in [3.05, 3.63) is 78.4 Å². The second-order valence-corrected chi connectivity index (χ2v) is 7.91. The Labute approximate surface area is 185 Å². The van der Waals surface area contributed by atoms with Crippen molar-refractivity contribution in [3.63, 3.8) is 0 Å². The van der Waals surface area contributed by atoms with Gasteiger partial charge in [0.25, 0.3) is 0 Å². The minimum absolute atomic E-state index is 0.126. The van der Waals surface area contributed by atoms with Crippen LogP contribution in [0.4, 0.5) is 16.2 Å². The molecule has 0 aromatic heterocycles. The molecule has 32 heavy (non-hydrogen) atoms. The van der Waals surface area contributed by atoms with Crippen LogP contribution in [0.3, 0.4) is 0 Å². The minimum Gasteiger partial charge on any atom is -0.497 e. The second-order valence-electron chi connectivity index (χ2n) is 6.36. The van der Waals surface area contributed by atoms with E-state index in [9.17, 15) is 18.0 Å². The van der Waals surface area contributed by atoms with Crippen LogP contribution in [0.2, 0.25) is 0 Å². The van der Waals surface area contributed by atoms with Crippen molar-refractivity contribution in [2.75, 3.05) is 24.9 Å². The fourth-order valence-electron chi connectivity index (χ4n) is 2.67. The Morgan fingerprint density at radius 3 is 2.09 bits per heavy atom. The maximum Gasteiger partial charge on any atom is 0.341 e. The number of hydrogen-bond acceptors (Lipinski definition) is 7. The lowest BCUT2D eigenvalue weighted by molar-refractivity contribution is 0.0599. The molecule has 0 saturated heterocycles. The van der Waals surface area contributed by atoms with Gasteiger partial charge in [0.05, 0.1) is 14.2 Å². The number of para-hydroxylation sites is 1. The molecule has 0 aliphatic heterocycles. The van der Waals surface area contributed by atoms with E-state index in [-0.39, 0.29) is 21.9 Å². The van der Waals surface area contributed by atoms with Crippen molar-refractivity contribution in [1.82, 2.24) is 0 Å². The molecule has 2 amide bonds. The van der Waals surface area contributed by atoms with Crippen molar-refractivity contribution in [3.8, 4) is 11.5 Å². The molecular formula is C22H20N2O7S. The molecule has 0 radical (unpaired) electrons. The van der Waals surface area contributed by atoms with Crippen molar-refractivity contribution >= 4 is 33.5 Å². The summed E-state index contributed by atoms with van der Waals surface area (Å²) >= 11 is 0. The molecule has 0 unspecified atom stereocenters. The standard InChI is InChI=1S/C22H20N2O7S/c1-29-17-9-11-18(12-10-17)32(27,28)31-20-14-16(8-13-19(20)21(25)30-2)24-22(26)23-15-6-4-3-5-7-15/h3-14H,1-2H3,(H2,23,24,26). The second kappa shape index (κ2) is 9.84. The maximum absolute atomic E-state index is 12.7. The van der Waals surface area contributed by atoms with Crippen LogP contribution in [0.15, 0.2) is 77.7 Å². The highest BCUT2D eigenvalue weighted by molar-refractivity contribution is 7.87. The van der Waals surface area contributed by atoms with Gasteiger partial charge in [-0.25, -0.2) is 9.59 Å². The lowest BCUT2D eigenvalue weighted by Gasteiger charge is -2.13. The number of esters is 1. The molecular weight excluding hydrogens is 436 g/mol. The van der Waals surface area contributed by atoms with Crippen molar-refractivity contribution < 1.29 is 31.7 Å². The molecule has 0 atom stereocenters. The van der Waals surface area contributed by atoms with E-state index in [0.29, 0.717) is 11.4 Å². The molecule has 0 heterocycles. The Kier molecular flexibility index (Phi) is 6.96. The first-order valence-corrected chi connectivity index (χ1v) is 10.7. The number of amides is 2. The summed E-state index contributed by atoms with van der Waals surface area (Å²) in [5.74, 6) is -0.634. The first-order valence-electron chi connectivity index (χ1n) is 9.26. The van der Waals surface area contributed by atoms with Crippen LogP contribution in [0.1, 0.15) is 10.4 Å². The lowest BCUT2D eigenvalue weighted by Crippen LogP contribution is -2.20. The van der Waals surface area contributed by atoms with E-state index in [2.05, 4.69) is 10.6 Å². The molecule has 2 N–H and O–H groups in total. The number of urea groups is 1. The lowest BCUT2D eigenvalue weighted by atomic mass is 10.2. The average molecular weight is 456 g/mol. The molecule has 0 fully saturated rings. The number of nitrogens with one attached hydrogen (secondary N) is 2. The predicted molar refractivity (Wildman–Crippen MR) is 118 cm³/mol. The smallest absolute Gasteiger partial charge is 0.341 e. The summed E-state index contributed by atoms with van der Waals surface area (Å²) in [5.41, 5.74) is 0.638. The van der Waals surface area contributed by atoms with Gasteiger partial charge in [0.15, 0.2) is 5.75 Å². The fourth-order valence-corrected chi connectivity index (χ4v) is 3.61. The predicted octanol–water partition coefficient (Wildman–Crippen LogP) is 3.89. The van der Waals surface area contributed by atoms with Crippen LogP contribution >= 0.6 is 0 Å². The third-order valence-electron chi connectivity index (χ3n) is 4.22. The number of ether oxygens (including phenoxy) is 2. The first kappa shape index (κ1) is 22.6. The van der Waals surface area contributed by atoms with Gasteiger partial charge in [-0.3, -0.25) is 0 Å². The monoisotopic (exact) mass is 456 g/mol. The highest BCUT2D eigenvalue weighted by Crippen LogP contribution is 2.28. The molecule has 0 aliphatic carbocycles. The number of carbonyl (C=O) groups excluding carboxylic acids is 2. The third kappa shape index (κ3) is 5.55. The molecule has 0 aliphatic rings. The number of methoxy groups -OCH3 is 2. The van der Waals surface area contributed by atoms with Gasteiger partial charge in [-0.1, -0.05) is 18.2 Å². The largest absolute Gasteiger partial charge is 0.497 e. The molecule has 3 aromatic rings. The summed E-state index contributed by atoms with van der Waals surface area (Å²) < 4.78 is 40.4. The fraction of sp³-hybridized carbons (Fsp3) is 0.0909. The molecule has 166 valence electrons. The van der Waals surface area contributed by atoms with Gasteiger partial charge in [-0.05, 0) is 48.5 Å². The van der Waals surface area contributed by atoms with Gasteiger partial charge < -0.3 is 24.3 Å². The Morgan fingerprint density at radius 2 is 1.47 bits per heavy atom. The minimum atomic E-state index is -4.29. The van der Waals surface area contributed by atoms with E-state index in [1.165, 1.54) is 49.6 Å². The van der Waals surface area contributed by atoms with Crippen LogP contribution in [-0.4, -0.2) is 34.6 Å². The summed E-state index contributed by atoms with van der Waals surface area (Å²) in [6, 6.07) is 17.6. The molecule has 0 saturated carbocycles. The number of carbonyl (C=O) groups is 2. The zero-order chi connectivity index (χ0) is 23.1. The van der Waals surface area contributed by atoms with E-state index in [4.69, 9.17) is 13.7 Å². The zero-order valence-electron chi connectivity index (χ0n) is 17.2. The Bertz CT molecular complexity index is 1210. The zero-order valence-corrected chi connectivity index (χ0v) is 18.0. The van der Waals surface area contributed by atoms with Gasteiger partial charge in [-0.2, -0.15) is 8.42 Å². The Morgan fingerprint density at radius 1 is 0.812 bits per heavy atom. The van der Waals surface area contributed by atoms with Crippen LogP contribution in [0, 0.1) is 0 Å². The average Bonchev–Trinajstić information content (AvgIpc) is 2.79. The van der Waals surface area contributed by atoms with Crippen LogP contribution < -0.4 is 19.6 Å². The third-order valence-corrected chi connectivity index (χ3v) is 5.47. The number of benzene rings is 3. The number of anilines is 2. The van der Waals surface area contributed by atoms with E-state index < -0.39 is 22.1 Å². The highest BCUT2D eigenvalue weighted by atomic mass is 32.2. The topological polar surface area (TPSA) is 120 Å². The Balaban J connectivity index is 1.86. The van der Waals surface area contributed by atoms with Gasteiger partial charge in [0, 0.05) is 17.4 Å². The SMILES string of the molecule is COC(=O)c1ccc(NC(=O)Nc2ccccc2)cc1OS(=O)(=O)c1ccc(OC)cc1. The maximum atomic E-state index is 12.7. The van der Waals surface area contributed by atoms with Crippen LogP contribution in [0.5, 0.6) is 11.5 Å². The van der Waals surface area contributed by atoms with Gasteiger partial charge in [-0.15, -0.1) is 0 Å². The first-order chi connectivity index (χ1) is 15.3. The summed E-state index contributed by atoms with van der Waals surface area (Å²) in [4.78, 5) is 24.2. The quantitative estimate of drug-likeness (QED) is 0.409. The van der Waals surface area contributed by atoms with Crippen molar-refractivity contribution in [1.29, 1.82) is 0 Å². The van der Waals surface area contributed by atoms with Crippen molar-refractivity contribution in [2.45, 2.75) is 4.90 Å². The molecule has 0 bridgehead atoms. The highest BCUT2D eigenvalue weighted by Gasteiger charge is 2.22. The molecule has 0 spiro atoms. The molecule has 9 nitrogen and oxygen atoms in total. The summed E-state index contributed by atoms with van der Waals surface area (Å²) in [6.07, 6.45) is 0. The van der Waals surface area contributed by atoms with Crippen LogP contribution in [0.25, 0.3) is 0 Å². The van der Waals surface area contributed by atoms with E-state index in [1.54, 1.807) is 24.3 Å². The molecule has 10 heteroatoms. The summed E-state index contributed by atoms with van der Waals surface area (Å²) in [5, 5.41) is 5.19. The normalized spacial score (nSPS) is 10.7. The summed E-state index contributed by atoms with van der Waals surface area (Å²) in [6.45, 7) is 0.